The van der Waals surface area contributed by atoms with Crippen LogP contribution in [0.5, 0.6) is 0 Å². The Morgan fingerprint density at radius 3 is 1.50 bits per heavy atom. The molecule has 0 spiro atoms. The first kappa shape index (κ1) is 22.2. The van der Waals surface area contributed by atoms with Gasteiger partial charge in [-0.1, -0.05) is 34.8 Å². The fraction of sp³-hybridized carbons (Fsp3) is 0.0400. The molecule has 4 nitrogen and oxygen atoms in total. The normalized spacial score (nSPS) is 10.8. The molecule has 0 atom stereocenters. The van der Waals surface area contributed by atoms with E-state index in [0.29, 0.717) is 31.8 Å². The molecule has 0 aliphatic carbocycles. The van der Waals surface area contributed by atoms with Gasteiger partial charge in [-0.3, -0.25) is 4.79 Å². The molecule has 3 aromatic carbocycles. The van der Waals surface area contributed by atoms with Gasteiger partial charge < -0.3 is 9.15 Å². The number of hydrogen-bond donors (Lipinski definition) is 0. The molecule has 0 radical (unpaired) electrons. The van der Waals surface area contributed by atoms with Crippen LogP contribution in [0.15, 0.2) is 77.2 Å². The Morgan fingerprint density at radius 2 is 1.06 bits per heavy atom. The van der Waals surface area contributed by atoms with Crippen molar-refractivity contribution < 1.29 is 18.7 Å². The maximum Gasteiger partial charge on any atom is 0.342 e. The lowest BCUT2D eigenvalue weighted by atomic mass is 9.95. The van der Waals surface area contributed by atoms with Gasteiger partial charge in [0.25, 0.3) is 0 Å². The highest BCUT2D eigenvalue weighted by atomic mass is 35.5. The van der Waals surface area contributed by atoms with Crippen LogP contribution in [0.2, 0.25) is 15.1 Å². The first-order valence-electron chi connectivity index (χ1n) is 9.46. The van der Waals surface area contributed by atoms with Crippen molar-refractivity contribution in [2.45, 2.75) is 0 Å². The topological polar surface area (TPSA) is 56.5 Å². The molecule has 0 saturated heterocycles. The highest BCUT2D eigenvalue weighted by Crippen LogP contribution is 2.39. The van der Waals surface area contributed by atoms with Crippen molar-refractivity contribution >= 4 is 46.6 Å². The first-order chi connectivity index (χ1) is 15.4. The van der Waals surface area contributed by atoms with E-state index in [1.54, 1.807) is 72.8 Å². The van der Waals surface area contributed by atoms with E-state index < -0.39 is 11.8 Å². The highest BCUT2D eigenvalue weighted by molar-refractivity contribution is 6.31. The molecule has 0 fully saturated rings. The standard InChI is InChI=1S/C25H15Cl3O4/c1-31-25(30)21-20(22(29)14-2-8-17(26)9-3-14)23(15-4-10-18(27)11-5-15)32-24(21)16-6-12-19(28)13-7-16/h2-13H,1H3. The lowest BCUT2D eigenvalue weighted by Crippen LogP contribution is -2.11. The molecule has 7 heteroatoms. The number of ether oxygens (including phenoxy) is 1. The zero-order valence-corrected chi connectivity index (χ0v) is 19.0. The van der Waals surface area contributed by atoms with Crippen LogP contribution >= 0.6 is 34.8 Å². The van der Waals surface area contributed by atoms with Gasteiger partial charge in [-0.15, -0.1) is 0 Å². The third-order valence-corrected chi connectivity index (χ3v) is 5.60. The van der Waals surface area contributed by atoms with Crippen LogP contribution in [0.3, 0.4) is 0 Å². The molecule has 0 unspecified atom stereocenters. The van der Waals surface area contributed by atoms with Crippen LogP contribution in [-0.4, -0.2) is 18.9 Å². The average Bonchev–Trinajstić information content (AvgIpc) is 3.20. The van der Waals surface area contributed by atoms with Crippen molar-refractivity contribution in [3.8, 4) is 22.6 Å². The van der Waals surface area contributed by atoms with E-state index in [4.69, 9.17) is 44.0 Å². The van der Waals surface area contributed by atoms with Crippen LogP contribution in [0.4, 0.5) is 0 Å². The van der Waals surface area contributed by atoms with E-state index in [1.165, 1.54) is 7.11 Å². The van der Waals surface area contributed by atoms with Gasteiger partial charge in [-0.25, -0.2) is 4.79 Å². The molecule has 0 N–H and O–H groups in total. The summed E-state index contributed by atoms with van der Waals surface area (Å²) in [6.45, 7) is 0. The van der Waals surface area contributed by atoms with Crippen LogP contribution in [0, 0.1) is 0 Å². The van der Waals surface area contributed by atoms with E-state index in [2.05, 4.69) is 0 Å². The predicted molar refractivity (Wildman–Crippen MR) is 126 cm³/mol. The van der Waals surface area contributed by atoms with E-state index in [0.717, 1.165) is 0 Å². The maximum absolute atomic E-state index is 13.6. The van der Waals surface area contributed by atoms with Gasteiger partial charge in [-0.2, -0.15) is 0 Å². The zero-order valence-electron chi connectivity index (χ0n) is 16.7. The largest absolute Gasteiger partial charge is 0.465 e. The number of esters is 1. The summed E-state index contributed by atoms with van der Waals surface area (Å²) in [5.41, 5.74) is 1.61. The molecule has 1 heterocycles. The summed E-state index contributed by atoms with van der Waals surface area (Å²) >= 11 is 18.0. The van der Waals surface area contributed by atoms with Gasteiger partial charge in [0.15, 0.2) is 5.78 Å². The summed E-state index contributed by atoms with van der Waals surface area (Å²) in [7, 11) is 1.25. The SMILES string of the molecule is COC(=O)c1c(-c2ccc(Cl)cc2)oc(-c2ccc(Cl)cc2)c1C(=O)c1ccc(Cl)cc1. The molecule has 0 aliphatic heterocycles. The van der Waals surface area contributed by atoms with Gasteiger partial charge in [0.1, 0.15) is 17.1 Å². The second-order valence-electron chi connectivity index (χ2n) is 6.85. The molecule has 0 bridgehead atoms. The third-order valence-electron chi connectivity index (χ3n) is 4.84. The Hall–Kier alpha value is -3.05. The Kier molecular flexibility index (Phi) is 6.38. The fourth-order valence-corrected chi connectivity index (χ4v) is 3.68. The second-order valence-corrected chi connectivity index (χ2v) is 8.16. The van der Waals surface area contributed by atoms with E-state index in [9.17, 15) is 9.59 Å². The van der Waals surface area contributed by atoms with Gasteiger partial charge in [0, 0.05) is 31.8 Å². The Balaban J connectivity index is 2.02. The van der Waals surface area contributed by atoms with Gasteiger partial charge in [-0.05, 0) is 72.8 Å². The summed E-state index contributed by atoms with van der Waals surface area (Å²) in [5.74, 6) is -0.671. The van der Waals surface area contributed by atoms with Crippen molar-refractivity contribution in [1.82, 2.24) is 0 Å². The molecule has 4 rings (SSSR count). The summed E-state index contributed by atoms with van der Waals surface area (Å²) in [5, 5.41) is 1.54. The molecule has 0 amide bonds. The smallest absolute Gasteiger partial charge is 0.342 e. The minimum atomic E-state index is -0.698. The van der Waals surface area contributed by atoms with Crippen molar-refractivity contribution in [2.24, 2.45) is 0 Å². The van der Waals surface area contributed by atoms with E-state index >= 15 is 0 Å². The van der Waals surface area contributed by atoms with Crippen molar-refractivity contribution in [2.75, 3.05) is 7.11 Å². The number of furan rings is 1. The number of hydrogen-bond acceptors (Lipinski definition) is 4. The maximum atomic E-state index is 13.6. The van der Waals surface area contributed by atoms with Crippen molar-refractivity contribution in [1.29, 1.82) is 0 Å². The van der Waals surface area contributed by atoms with Crippen molar-refractivity contribution in [3.05, 3.63) is 105 Å². The molecular weight excluding hydrogens is 471 g/mol. The lowest BCUT2D eigenvalue weighted by molar-refractivity contribution is 0.0598. The first-order valence-corrected chi connectivity index (χ1v) is 10.6. The quantitative estimate of drug-likeness (QED) is 0.216. The summed E-state index contributed by atoms with van der Waals surface area (Å²) in [6.07, 6.45) is 0. The van der Waals surface area contributed by atoms with E-state index in [1.807, 2.05) is 0 Å². The number of methoxy groups -OCH3 is 1. The number of benzene rings is 3. The Bertz CT molecular complexity index is 1290. The lowest BCUT2D eigenvalue weighted by Gasteiger charge is -2.06. The molecule has 32 heavy (non-hydrogen) atoms. The number of carbonyl (C=O) groups excluding carboxylic acids is 2. The summed E-state index contributed by atoms with van der Waals surface area (Å²) in [4.78, 5) is 26.5. The number of carbonyl (C=O) groups is 2. The minimum Gasteiger partial charge on any atom is -0.465 e. The monoisotopic (exact) mass is 484 g/mol. The van der Waals surface area contributed by atoms with Crippen LogP contribution in [0.1, 0.15) is 26.3 Å². The molecule has 160 valence electrons. The molecule has 4 aromatic rings. The zero-order chi connectivity index (χ0) is 22.8. The van der Waals surface area contributed by atoms with E-state index in [-0.39, 0.29) is 22.6 Å². The Morgan fingerprint density at radius 1 is 0.656 bits per heavy atom. The minimum absolute atomic E-state index is 0.0275. The average molecular weight is 486 g/mol. The van der Waals surface area contributed by atoms with Gasteiger partial charge in [0.05, 0.1) is 12.7 Å². The van der Waals surface area contributed by atoms with Gasteiger partial charge >= 0.3 is 5.97 Å². The summed E-state index contributed by atoms with van der Waals surface area (Å²) < 4.78 is 11.2. The Labute approximate surface area is 199 Å². The van der Waals surface area contributed by atoms with Crippen LogP contribution in [0.25, 0.3) is 22.6 Å². The highest BCUT2D eigenvalue weighted by Gasteiger charge is 2.32. The number of halogens is 3. The number of ketones is 1. The molecular formula is C25H15Cl3O4. The second kappa shape index (κ2) is 9.21. The van der Waals surface area contributed by atoms with Gasteiger partial charge in [0.2, 0.25) is 0 Å². The summed E-state index contributed by atoms with van der Waals surface area (Å²) in [6, 6.07) is 19.9. The molecule has 1 aromatic heterocycles. The van der Waals surface area contributed by atoms with Crippen molar-refractivity contribution in [3.63, 3.8) is 0 Å². The van der Waals surface area contributed by atoms with Crippen LogP contribution < -0.4 is 0 Å². The molecule has 0 aliphatic rings. The van der Waals surface area contributed by atoms with Crippen LogP contribution in [-0.2, 0) is 4.74 Å². The third kappa shape index (κ3) is 4.30. The molecule has 0 saturated carbocycles. The predicted octanol–water partition coefficient (Wildman–Crippen LogP) is 7.59. The fourth-order valence-electron chi connectivity index (χ4n) is 3.30. The number of rotatable bonds is 5.